The molecule has 3 saturated carbocycles. The molecule has 3 fully saturated rings. The molecule has 0 unspecified atom stereocenters. The average Bonchev–Trinajstić information content (AvgIpc) is 4.14. The molecule has 0 spiro atoms. The maximum atomic E-state index is 17.5. The first-order valence-corrected chi connectivity index (χ1v) is 25.4. The number of fused-ring (bicyclic) bond motifs is 5. The number of amides is 4. The number of ketones is 2. The van der Waals surface area contributed by atoms with E-state index in [2.05, 4.69) is 36.9 Å². The van der Waals surface area contributed by atoms with E-state index in [-0.39, 0.29) is 59.3 Å². The zero-order valence-electron chi connectivity index (χ0n) is 41.3. The Labute approximate surface area is 425 Å². The number of allylic oxidation sites excluding steroid dienone is 4. The first-order valence-electron chi connectivity index (χ1n) is 23.9. The monoisotopic (exact) mass is 1030 g/mol. The number of aryl methyl sites for hydroxylation is 4. The van der Waals surface area contributed by atoms with Crippen molar-refractivity contribution in [3.8, 4) is 0 Å². The Bertz CT molecular complexity index is 2920. The van der Waals surface area contributed by atoms with Crippen LogP contribution < -0.4 is 31.9 Å². The number of hydrogen-bond donors (Lipinski definition) is 8. The number of alkyl halides is 1. The van der Waals surface area contributed by atoms with Gasteiger partial charge in [-0.25, -0.2) is 9.37 Å². The van der Waals surface area contributed by atoms with Crippen LogP contribution in [0.1, 0.15) is 88.5 Å². The summed E-state index contributed by atoms with van der Waals surface area (Å²) >= 11 is 6.77. The molecule has 4 amide bonds. The fourth-order valence-electron chi connectivity index (χ4n) is 11.9. The van der Waals surface area contributed by atoms with Gasteiger partial charge >= 0.3 is 0 Å². The summed E-state index contributed by atoms with van der Waals surface area (Å²) in [5, 5.41) is 41.6. The van der Waals surface area contributed by atoms with Gasteiger partial charge in [0, 0.05) is 101 Å². The molecule has 8 N–H and O–H groups in total. The van der Waals surface area contributed by atoms with Gasteiger partial charge in [-0.05, 0) is 87.0 Å². The molecule has 0 bridgehead atoms. The van der Waals surface area contributed by atoms with Crippen LogP contribution in [0.15, 0.2) is 73.0 Å². The number of carbonyl (C=O) groups excluding carboxylic acids is 6. The number of carbonyl (C=O) groups is 6. The van der Waals surface area contributed by atoms with Crippen molar-refractivity contribution in [2.75, 3.05) is 47.1 Å². The highest BCUT2D eigenvalue weighted by Crippen LogP contribution is 2.70. The first-order chi connectivity index (χ1) is 34.0. The first kappa shape index (κ1) is 52.0. The van der Waals surface area contributed by atoms with Gasteiger partial charge in [-0.15, -0.1) is 0 Å². The molecule has 4 heterocycles. The maximum absolute atomic E-state index is 17.5. The number of nitrogens with zero attached hydrogens (tertiary/aromatic N) is 5. The van der Waals surface area contributed by atoms with Crippen LogP contribution in [0.5, 0.6) is 0 Å². The van der Waals surface area contributed by atoms with Crippen LogP contribution in [-0.4, -0.2) is 122 Å². The van der Waals surface area contributed by atoms with Gasteiger partial charge in [0.25, 0.3) is 23.6 Å². The second kappa shape index (κ2) is 19.9. The summed E-state index contributed by atoms with van der Waals surface area (Å²) in [6, 6.07) is 4.59. The van der Waals surface area contributed by atoms with E-state index < -0.39 is 57.8 Å². The van der Waals surface area contributed by atoms with Gasteiger partial charge in [0.1, 0.15) is 22.7 Å². The molecule has 0 aliphatic heterocycles. The number of nitrogens with one attached hydrogen (secondary N) is 6. The van der Waals surface area contributed by atoms with Gasteiger partial charge in [-0.2, -0.15) is 11.8 Å². The second-order valence-electron chi connectivity index (χ2n) is 20.0. The van der Waals surface area contributed by atoms with Gasteiger partial charge in [-0.1, -0.05) is 25.5 Å². The predicted octanol–water partition coefficient (Wildman–Crippen LogP) is 4.04. The lowest BCUT2D eigenvalue weighted by Crippen LogP contribution is -2.69. The third-order valence-electron chi connectivity index (χ3n) is 15.6. The van der Waals surface area contributed by atoms with Gasteiger partial charge in [-0.3, -0.25) is 28.8 Å². The summed E-state index contributed by atoms with van der Waals surface area (Å²) in [5.74, 6) is -2.91. The van der Waals surface area contributed by atoms with Gasteiger partial charge in [0.05, 0.1) is 28.9 Å². The fraction of sp³-hybridized carbons (Fsp3) is 0.480. The highest BCUT2D eigenvalue weighted by atomic mass is 32.2. The summed E-state index contributed by atoms with van der Waals surface area (Å²) in [4.78, 5) is 82.5. The molecule has 72 heavy (non-hydrogen) atoms. The van der Waals surface area contributed by atoms with Crippen molar-refractivity contribution in [1.82, 2.24) is 39.2 Å². The molecule has 22 heteroatoms. The number of thioether (sulfide) groups is 1. The molecule has 19 nitrogen and oxygen atoms in total. The summed E-state index contributed by atoms with van der Waals surface area (Å²) in [6.07, 6.45) is 12.3. The summed E-state index contributed by atoms with van der Waals surface area (Å²) in [7, 11) is 6.70. The smallest absolute Gasteiger partial charge is 0.291 e. The van der Waals surface area contributed by atoms with E-state index >= 15 is 4.39 Å². The quantitative estimate of drug-likeness (QED) is 0.0584. The summed E-state index contributed by atoms with van der Waals surface area (Å²) in [6.45, 7) is 6.37. The Morgan fingerprint density at radius 2 is 1.38 bits per heavy atom. The SMILES string of the molecule is C[C@@H]1C[C@H]2[C@@H]3CCC4=CC(=O)C=C[C@]4(C)[C@@]3(F)[C@@H](O)C[C@]2(C)[C@@]1(O)C(=O)CSCCNC(=S)NCCNC(=O)c1cc(NC(=O)c2cc(NC(=O)c3cc(NC(=O)c4nccn4C)cn3C)cn2C)cn1C. The minimum Gasteiger partial charge on any atom is -0.390 e. The molecule has 8 atom stereocenters. The highest BCUT2D eigenvalue weighted by molar-refractivity contribution is 8.00. The number of halogens is 1. The largest absolute Gasteiger partial charge is 0.390 e. The Balaban J connectivity index is 0.746. The third kappa shape index (κ3) is 9.21. The fourth-order valence-corrected chi connectivity index (χ4v) is 12.9. The number of aliphatic hydroxyl groups excluding tert-OH is 1. The molecule has 0 aromatic carbocycles. The van der Waals surface area contributed by atoms with E-state index in [0.29, 0.717) is 71.5 Å². The van der Waals surface area contributed by atoms with E-state index in [1.165, 1.54) is 42.2 Å². The average molecular weight is 1030 g/mol. The molecule has 4 aromatic rings. The summed E-state index contributed by atoms with van der Waals surface area (Å²) < 4.78 is 23.8. The molecule has 4 aliphatic rings. The maximum Gasteiger partial charge on any atom is 0.291 e. The third-order valence-corrected chi connectivity index (χ3v) is 16.9. The number of Topliss-reactive ketones (excluding diaryl/α,β-unsaturated/α-hetero) is 1. The van der Waals surface area contributed by atoms with E-state index in [9.17, 15) is 39.0 Å². The van der Waals surface area contributed by atoms with Gasteiger partial charge in [0.2, 0.25) is 0 Å². The van der Waals surface area contributed by atoms with E-state index in [1.54, 1.807) is 90.3 Å². The van der Waals surface area contributed by atoms with Crippen molar-refractivity contribution >= 4 is 81.3 Å². The molecule has 0 radical (unpaired) electrons. The van der Waals surface area contributed by atoms with Crippen molar-refractivity contribution in [3.05, 3.63) is 95.9 Å². The number of imidazole rings is 1. The standard InChI is InChI=1S/C50H62FN11O8S2/c1-28-18-35-34-9-8-29-19-33(63)10-11-47(29,2)49(34,51)39(64)23-48(35,3)50(28,70)40(65)27-72-17-15-55-46(71)54-13-12-53-42(66)36-20-30(24-60(36)5)56-43(67)37-21-31(25-61(37)6)57-44(68)38-22-32(26-62(38)7)58-45(69)41-52-14-16-59(41)4/h10-11,14,16,19-22,24-26,28,34-35,39,64,70H,8-9,12-13,15,17-18,23,27H2,1-7H3,(H,53,66)(H,56,67)(H,57,68)(H,58,69)(H2,54,55,71)/t28-,34+,35+,39+,47+,48+,49+,50+/m1/s1. The Kier molecular flexibility index (Phi) is 14.4. The topological polar surface area (TPSA) is 248 Å². The van der Waals surface area contributed by atoms with Crippen molar-refractivity contribution in [1.29, 1.82) is 0 Å². The molecule has 4 aromatic heterocycles. The van der Waals surface area contributed by atoms with Crippen LogP contribution in [0.4, 0.5) is 21.5 Å². The normalized spacial score (nSPS) is 27.2. The molecular weight excluding hydrogens is 966 g/mol. The number of aliphatic hydroxyl groups is 2. The van der Waals surface area contributed by atoms with Crippen molar-refractivity contribution in [3.63, 3.8) is 0 Å². The summed E-state index contributed by atoms with van der Waals surface area (Å²) in [5.41, 5.74) is -3.35. The van der Waals surface area contributed by atoms with Crippen LogP contribution in [0, 0.1) is 28.6 Å². The van der Waals surface area contributed by atoms with E-state index in [1.807, 2.05) is 13.8 Å². The number of hydrogen-bond acceptors (Lipinski definition) is 11. The van der Waals surface area contributed by atoms with Crippen molar-refractivity contribution in [2.24, 2.45) is 56.8 Å². The minimum atomic E-state index is -2.04. The molecular formula is C50H62FN11O8S2. The van der Waals surface area contributed by atoms with Crippen LogP contribution in [0.25, 0.3) is 0 Å². The van der Waals surface area contributed by atoms with Crippen molar-refractivity contribution < 1.29 is 43.4 Å². The lowest BCUT2D eigenvalue weighted by Gasteiger charge is -2.62. The number of aromatic nitrogens is 5. The highest BCUT2D eigenvalue weighted by Gasteiger charge is 2.75. The minimum absolute atomic E-state index is 0.0287. The van der Waals surface area contributed by atoms with E-state index in [0.717, 1.165) is 0 Å². The van der Waals surface area contributed by atoms with Crippen LogP contribution in [0.2, 0.25) is 0 Å². The number of anilines is 3. The molecule has 4 aliphatic carbocycles. The van der Waals surface area contributed by atoms with Gasteiger partial charge < -0.3 is 60.4 Å². The van der Waals surface area contributed by atoms with Crippen molar-refractivity contribution in [2.45, 2.75) is 63.8 Å². The second-order valence-corrected chi connectivity index (χ2v) is 21.5. The lowest BCUT2D eigenvalue weighted by molar-refractivity contribution is -0.218. The number of rotatable bonds is 16. The number of thiocarbonyl (C=S) groups is 1. The predicted molar refractivity (Wildman–Crippen MR) is 274 cm³/mol. The molecule has 384 valence electrons. The van der Waals surface area contributed by atoms with Gasteiger partial charge in [0.15, 0.2) is 28.2 Å². The van der Waals surface area contributed by atoms with Crippen LogP contribution in [0.3, 0.4) is 0 Å². The Hall–Kier alpha value is -6.36. The van der Waals surface area contributed by atoms with Crippen LogP contribution in [-0.2, 0) is 37.8 Å². The molecule has 0 saturated heterocycles. The zero-order valence-corrected chi connectivity index (χ0v) is 42.9. The van der Waals surface area contributed by atoms with Crippen LogP contribution >= 0.6 is 24.0 Å². The Morgan fingerprint density at radius 1 is 0.819 bits per heavy atom. The molecule has 8 rings (SSSR count). The van der Waals surface area contributed by atoms with E-state index in [4.69, 9.17) is 12.2 Å². The zero-order chi connectivity index (χ0) is 52.1. The Morgan fingerprint density at radius 3 is 1.96 bits per heavy atom. The lowest BCUT2D eigenvalue weighted by atomic mass is 9.44.